The van der Waals surface area contributed by atoms with Gasteiger partial charge in [0.05, 0.1) is 6.54 Å². The van der Waals surface area contributed by atoms with Crippen molar-refractivity contribution in [3.8, 4) is 0 Å². The van der Waals surface area contributed by atoms with Gasteiger partial charge < -0.3 is 10.6 Å². The Hall–Kier alpha value is -1.28. The topological polar surface area (TPSA) is 41.6 Å². The van der Waals surface area contributed by atoms with Crippen LogP contribution in [0.5, 0.6) is 0 Å². The smallest absolute Gasteiger partial charge is 0.191 e. The van der Waals surface area contributed by atoms with Crippen molar-refractivity contribution in [2.45, 2.75) is 35.2 Å². The highest BCUT2D eigenvalue weighted by Crippen LogP contribution is 2.28. The first-order valence-corrected chi connectivity index (χ1v) is 8.48. The van der Waals surface area contributed by atoms with E-state index in [0.29, 0.717) is 18.5 Å². The number of nitrogens with zero attached hydrogens (tertiary/aromatic N) is 2. The van der Waals surface area contributed by atoms with E-state index in [1.54, 1.807) is 23.9 Å². The van der Waals surface area contributed by atoms with E-state index in [-0.39, 0.29) is 29.8 Å². The van der Waals surface area contributed by atoms with Gasteiger partial charge in [-0.1, -0.05) is 23.9 Å². The molecular weight excluding hydrogens is 436 g/mol. The van der Waals surface area contributed by atoms with E-state index in [0.717, 1.165) is 15.4 Å². The maximum atomic E-state index is 12.9. The van der Waals surface area contributed by atoms with Crippen molar-refractivity contribution in [1.82, 2.24) is 4.90 Å². The Morgan fingerprint density at radius 2 is 1.67 bits per heavy atom. The molecule has 3 nitrogen and oxygen atoms in total. The fourth-order valence-corrected chi connectivity index (χ4v) is 3.05. The van der Waals surface area contributed by atoms with Gasteiger partial charge in [0.2, 0.25) is 0 Å². The second-order valence-corrected chi connectivity index (χ2v) is 6.86. The molecule has 1 saturated carbocycles. The van der Waals surface area contributed by atoms with Gasteiger partial charge in [-0.2, -0.15) is 0 Å². The Labute approximate surface area is 163 Å². The van der Waals surface area contributed by atoms with Gasteiger partial charge in [-0.05, 0) is 54.8 Å². The van der Waals surface area contributed by atoms with Gasteiger partial charge in [0, 0.05) is 22.9 Å². The summed E-state index contributed by atoms with van der Waals surface area (Å²) in [6.45, 7) is 0.588. The lowest BCUT2D eigenvalue weighted by Crippen LogP contribution is -2.35. The zero-order valence-corrected chi connectivity index (χ0v) is 16.6. The zero-order chi connectivity index (χ0) is 16.2. The molecule has 1 aliphatic carbocycles. The van der Waals surface area contributed by atoms with Gasteiger partial charge in [-0.15, -0.1) is 24.0 Å². The molecule has 0 aromatic heterocycles. The molecule has 0 spiro atoms. The summed E-state index contributed by atoms with van der Waals surface area (Å²) in [5.74, 6) is 0.397. The number of aliphatic imine (C=N–C) groups is 1. The average molecular weight is 457 g/mol. The third-order valence-corrected chi connectivity index (χ3v) is 4.87. The van der Waals surface area contributed by atoms with Crippen molar-refractivity contribution in [1.29, 1.82) is 0 Å². The Balaban J connectivity index is 0.00000208. The fourth-order valence-electron chi connectivity index (χ4n) is 2.23. The molecule has 2 aromatic carbocycles. The van der Waals surface area contributed by atoms with Crippen LogP contribution in [0.4, 0.5) is 4.39 Å². The summed E-state index contributed by atoms with van der Waals surface area (Å²) >= 11 is 1.61. The van der Waals surface area contributed by atoms with Crippen molar-refractivity contribution >= 4 is 41.7 Å². The quantitative estimate of drug-likeness (QED) is 0.409. The lowest BCUT2D eigenvalue weighted by Gasteiger charge is -2.16. The maximum absolute atomic E-state index is 12.9. The molecule has 6 heteroatoms. The van der Waals surface area contributed by atoms with Crippen LogP contribution in [0.2, 0.25) is 0 Å². The SMILES string of the molecule is CN(C(N)=NCc1ccc(Sc2ccc(F)cc2)cc1)C1CC1.I. The number of rotatable bonds is 5. The van der Waals surface area contributed by atoms with Crippen LogP contribution in [0.25, 0.3) is 0 Å². The fraction of sp³-hybridized carbons (Fsp3) is 0.278. The minimum atomic E-state index is -0.212. The van der Waals surface area contributed by atoms with Crippen molar-refractivity contribution in [2.75, 3.05) is 7.05 Å². The predicted octanol–water partition coefficient (Wildman–Crippen LogP) is 4.50. The number of nitrogens with two attached hydrogens (primary N) is 1. The van der Waals surface area contributed by atoms with E-state index in [4.69, 9.17) is 5.73 Å². The summed E-state index contributed by atoms with van der Waals surface area (Å²) in [4.78, 5) is 8.64. The van der Waals surface area contributed by atoms with Crippen LogP contribution >= 0.6 is 35.7 Å². The van der Waals surface area contributed by atoms with Crippen molar-refractivity contribution < 1.29 is 4.39 Å². The molecule has 128 valence electrons. The van der Waals surface area contributed by atoms with Crippen molar-refractivity contribution in [2.24, 2.45) is 10.7 Å². The van der Waals surface area contributed by atoms with Crippen LogP contribution in [0.15, 0.2) is 63.3 Å². The molecule has 0 atom stereocenters. The van der Waals surface area contributed by atoms with Gasteiger partial charge in [-0.25, -0.2) is 9.38 Å². The average Bonchev–Trinajstić information content (AvgIpc) is 3.40. The van der Waals surface area contributed by atoms with Gasteiger partial charge in [0.25, 0.3) is 0 Å². The Bertz CT molecular complexity index is 684. The molecule has 24 heavy (non-hydrogen) atoms. The van der Waals surface area contributed by atoms with Crippen molar-refractivity contribution in [3.63, 3.8) is 0 Å². The first-order chi connectivity index (χ1) is 11.1. The highest BCUT2D eigenvalue weighted by molar-refractivity contribution is 14.0. The second-order valence-electron chi connectivity index (χ2n) is 5.72. The molecule has 0 amide bonds. The summed E-state index contributed by atoms with van der Waals surface area (Å²) in [6.07, 6.45) is 2.42. The third-order valence-electron chi connectivity index (χ3n) is 3.85. The monoisotopic (exact) mass is 457 g/mol. The summed E-state index contributed by atoms with van der Waals surface area (Å²) in [7, 11) is 2.00. The summed E-state index contributed by atoms with van der Waals surface area (Å²) in [5.41, 5.74) is 7.12. The summed E-state index contributed by atoms with van der Waals surface area (Å²) < 4.78 is 12.9. The minimum absolute atomic E-state index is 0. The second kappa shape index (κ2) is 8.71. The van der Waals surface area contributed by atoms with E-state index >= 15 is 0 Å². The summed E-state index contributed by atoms with van der Waals surface area (Å²) in [6, 6.07) is 15.3. The molecule has 0 bridgehead atoms. The zero-order valence-electron chi connectivity index (χ0n) is 13.5. The first-order valence-electron chi connectivity index (χ1n) is 7.67. The van der Waals surface area contributed by atoms with E-state index in [9.17, 15) is 4.39 Å². The lowest BCUT2D eigenvalue weighted by atomic mass is 10.2. The molecule has 0 heterocycles. The Morgan fingerprint density at radius 3 is 2.21 bits per heavy atom. The molecule has 2 N–H and O–H groups in total. The molecule has 3 rings (SSSR count). The van der Waals surface area contributed by atoms with Crippen LogP contribution in [0.1, 0.15) is 18.4 Å². The molecule has 2 aromatic rings. The number of hydrogen-bond acceptors (Lipinski definition) is 2. The van der Waals surface area contributed by atoms with Crippen LogP contribution in [-0.4, -0.2) is 23.9 Å². The molecule has 0 saturated heterocycles. The van der Waals surface area contributed by atoms with Crippen LogP contribution in [-0.2, 0) is 6.54 Å². The van der Waals surface area contributed by atoms with Gasteiger partial charge in [-0.3, -0.25) is 0 Å². The number of halogens is 2. The molecule has 0 radical (unpaired) electrons. The first kappa shape index (κ1) is 19.1. The largest absolute Gasteiger partial charge is 0.370 e. The Morgan fingerprint density at radius 1 is 1.12 bits per heavy atom. The van der Waals surface area contributed by atoms with Gasteiger partial charge in [0.1, 0.15) is 5.82 Å². The standard InChI is InChI=1S/C18H20FN3S.HI/c1-22(15-6-7-15)18(20)21-12-13-2-8-16(9-3-13)23-17-10-4-14(19)5-11-17;/h2-5,8-11,15H,6-7,12H2,1H3,(H2,20,21);1H. The molecule has 1 aliphatic rings. The van der Waals surface area contributed by atoms with Gasteiger partial charge >= 0.3 is 0 Å². The number of hydrogen-bond donors (Lipinski definition) is 1. The predicted molar refractivity (Wildman–Crippen MR) is 108 cm³/mol. The normalized spacial score (nSPS) is 14.2. The number of guanidine groups is 1. The third kappa shape index (κ3) is 5.37. The van der Waals surface area contributed by atoms with Gasteiger partial charge in [0.15, 0.2) is 5.96 Å². The lowest BCUT2D eigenvalue weighted by molar-refractivity contribution is 0.487. The maximum Gasteiger partial charge on any atom is 0.191 e. The molecule has 1 fully saturated rings. The van der Waals surface area contributed by atoms with E-state index in [1.165, 1.54) is 25.0 Å². The minimum Gasteiger partial charge on any atom is -0.370 e. The number of benzene rings is 2. The van der Waals surface area contributed by atoms with Crippen molar-refractivity contribution in [3.05, 3.63) is 59.9 Å². The van der Waals surface area contributed by atoms with Crippen LogP contribution < -0.4 is 5.73 Å². The molecule has 0 aliphatic heterocycles. The van der Waals surface area contributed by atoms with Crippen LogP contribution in [0.3, 0.4) is 0 Å². The highest BCUT2D eigenvalue weighted by atomic mass is 127. The van der Waals surface area contributed by atoms with E-state index in [1.807, 2.05) is 7.05 Å². The molecule has 0 unspecified atom stereocenters. The summed E-state index contributed by atoms with van der Waals surface area (Å²) in [5, 5.41) is 0. The Kier molecular flexibility index (Phi) is 6.91. The van der Waals surface area contributed by atoms with Crippen LogP contribution in [0, 0.1) is 5.82 Å². The highest BCUT2D eigenvalue weighted by Gasteiger charge is 2.27. The van der Waals surface area contributed by atoms with E-state index in [2.05, 4.69) is 34.2 Å². The molecular formula is C18H21FIN3S. The van der Waals surface area contributed by atoms with E-state index < -0.39 is 0 Å².